The molecule has 1 aliphatic rings. The monoisotopic (exact) mass is 258 g/mol. The Morgan fingerprint density at radius 3 is 2.50 bits per heavy atom. The summed E-state index contributed by atoms with van der Waals surface area (Å²) < 4.78 is 10.6. The molecule has 5 heteroatoms. The highest BCUT2D eigenvalue weighted by molar-refractivity contribution is 5.73. The number of nitrogens with one attached hydrogen (secondary N) is 2. The van der Waals surface area contributed by atoms with Gasteiger partial charge in [-0.1, -0.05) is 19.8 Å². The minimum Gasteiger partial charge on any atom is -0.383 e. The van der Waals surface area contributed by atoms with Crippen molar-refractivity contribution >= 4 is 6.03 Å². The summed E-state index contributed by atoms with van der Waals surface area (Å²) in [6, 6.07) is -0.160. The van der Waals surface area contributed by atoms with E-state index in [1.54, 1.807) is 7.11 Å². The molecule has 0 spiro atoms. The summed E-state index contributed by atoms with van der Waals surface area (Å²) in [5, 5.41) is 5.47. The predicted molar refractivity (Wildman–Crippen MR) is 70.6 cm³/mol. The topological polar surface area (TPSA) is 59.6 Å². The molecule has 0 saturated heterocycles. The molecule has 0 heterocycles. The van der Waals surface area contributed by atoms with Crippen LogP contribution in [0, 0.1) is 5.92 Å². The Morgan fingerprint density at radius 2 is 1.83 bits per heavy atom. The smallest absolute Gasteiger partial charge is 0.314 e. The van der Waals surface area contributed by atoms with Crippen molar-refractivity contribution in [3.63, 3.8) is 0 Å². The van der Waals surface area contributed by atoms with Crippen molar-refractivity contribution in [3.8, 4) is 0 Å². The Hall–Kier alpha value is -0.810. The van der Waals surface area contributed by atoms with Gasteiger partial charge in [-0.25, -0.2) is 4.79 Å². The van der Waals surface area contributed by atoms with Crippen LogP contribution < -0.4 is 10.6 Å². The van der Waals surface area contributed by atoms with Crippen molar-refractivity contribution in [2.24, 2.45) is 5.92 Å². The molecule has 2 N–H and O–H groups in total. The number of hydrogen-bond acceptors (Lipinski definition) is 3. The SMILES string of the molecule is COCCNC(=O)NCCOC1CCCCC1C. The van der Waals surface area contributed by atoms with E-state index in [2.05, 4.69) is 17.6 Å². The Kier molecular flexibility index (Phi) is 7.76. The zero-order valence-electron chi connectivity index (χ0n) is 11.5. The summed E-state index contributed by atoms with van der Waals surface area (Å²) in [4.78, 5) is 11.3. The van der Waals surface area contributed by atoms with Crippen LogP contribution in [0.3, 0.4) is 0 Å². The molecule has 0 aliphatic heterocycles. The number of hydrogen-bond donors (Lipinski definition) is 2. The van der Waals surface area contributed by atoms with Gasteiger partial charge in [-0.05, 0) is 18.8 Å². The molecule has 2 unspecified atom stereocenters. The first-order chi connectivity index (χ1) is 8.74. The molecular weight excluding hydrogens is 232 g/mol. The first-order valence-electron chi connectivity index (χ1n) is 6.86. The van der Waals surface area contributed by atoms with Gasteiger partial charge in [-0.2, -0.15) is 0 Å². The van der Waals surface area contributed by atoms with Crippen LogP contribution in [0.2, 0.25) is 0 Å². The Bertz CT molecular complexity index is 236. The third-order valence-corrected chi connectivity index (χ3v) is 3.34. The first-order valence-corrected chi connectivity index (χ1v) is 6.86. The van der Waals surface area contributed by atoms with Crippen LogP contribution in [0.1, 0.15) is 32.6 Å². The van der Waals surface area contributed by atoms with Crippen LogP contribution in [0.25, 0.3) is 0 Å². The van der Waals surface area contributed by atoms with E-state index < -0.39 is 0 Å². The molecular formula is C13H26N2O3. The Balaban J connectivity index is 1.98. The zero-order chi connectivity index (χ0) is 13.2. The van der Waals surface area contributed by atoms with Crippen molar-refractivity contribution in [1.29, 1.82) is 0 Å². The second-order valence-electron chi connectivity index (χ2n) is 4.85. The van der Waals surface area contributed by atoms with Gasteiger partial charge in [-0.3, -0.25) is 0 Å². The zero-order valence-corrected chi connectivity index (χ0v) is 11.5. The standard InChI is InChI=1S/C13H26N2O3/c1-11-5-3-4-6-12(11)18-10-8-15-13(16)14-7-9-17-2/h11-12H,3-10H2,1-2H3,(H2,14,15,16). The molecule has 1 aliphatic carbocycles. The maximum atomic E-state index is 11.3. The van der Waals surface area contributed by atoms with Crippen LogP contribution in [-0.2, 0) is 9.47 Å². The van der Waals surface area contributed by atoms with Crippen molar-refractivity contribution in [2.75, 3.05) is 33.4 Å². The van der Waals surface area contributed by atoms with Gasteiger partial charge < -0.3 is 20.1 Å². The number of carbonyl (C=O) groups excluding carboxylic acids is 1. The molecule has 18 heavy (non-hydrogen) atoms. The third kappa shape index (κ3) is 6.21. The van der Waals surface area contributed by atoms with Gasteiger partial charge in [0.15, 0.2) is 0 Å². The molecule has 2 atom stereocenters. The summed E-state index contributed by atoms with van der Waals surface area (Å²) in [7, 11) is 1.61. The van der Waals surface area contributed by atoms with E-state index in [1.807, 2.05) is 0 Å². The van der Waals surface area contributed by atoms with Crippen LogP contribution in [-0.4, -0.2) is 45.5 Å². The maximum absolute atomic E-state index is 11.3. The van der Waals surface area contributed by atoms with Gasteiger partial charge in [0.2, 0.25) is 0 Å². The predicted octanol–water partition coefficient (Wildman–Crippen LogP) is 1.53. The fraction of sp³-hybridized carbons (Fsp3) is 0.923. The van der Waals surface area contributed by atoms with Crippen LogP contribution in [0.4, 0.5) is 4.79 Å². The normalized spacial score (nSPS) is 23.7. The van der Waals surface area contributed by atoms with Gasteiger partial charge in [0.05, 0.1) is 19.3 Å². The van der Waals surface area contributed by atoms with E-state index in [0.717, 1.165) is 6.42 Å². The third-order valence-electron chi connectivity index (χ3n) is 3.34. The average molecular weight is 258 g/mol. The molecule has 1 fully saturated rings. The summed E-state index contributed by atoms with van der Waals surface area (Å²) >= 11 is 0. The van der Waals surface area contributed by atoms with Gasteiger partial charge in [-0.15, -0.1) is 0 Å². The molecule has 1 rings (SSSR count). The highest BCUT2D eigenvalue weighted by Gasteiger charge is 2.21. The lowest BCUT2D eigenvalue weighted by Crippen LogP contribution is -2.39. The van der Waals surface area contributed by atoms with Crippen molar-refractivity contribution < 1.29 is 14.3 Å². The minimum absolute atomic E-state index is 0.160. The lowest BCUT2D eigenvalue weighted by atomic mass is 9.88. The highest BCUT2D eigenvalue weighted by Crippen LogP contribution is 2.25. The van der Waals surface area contributed by atoms with Crippen LogP contribution in [0.15, 0.2) is 0 Å². The fourth-order valence-corrected chi connectivity index (χ4v) is 2.23. The molecule has 0 aromatic heterocycles. The molecule has 106 valence electrons. The van der Waals surface area contributed by atoms with E-state index in [1.165, 1.54) is 19.3 Å². The minimum atomic E-state index is -0.160. The van der Waals surface area contributed by atoms with E-state index in [9.17, 15) is 4.79 Å². The van der Waals surface area contributed by atoms with E-state index >= 15 is 0 Å². The first kappa shape index (κ1) is 15.2. The molecule has 5 nitrogen and oxygen atoms in total. The number of carbonyl (C=O) groups is 1. The van der Waals surface area contributed by atoms with Gasteiger partial charge >= 0.3 is 6.03 Å². The molecule has 0 radical (unpaired) electrons. The highest BCUT2D eigenvalue weighted by atomic mass is 16.5. The van der Waals surface area contributed by atoms with Gasteiger partial charge in [0.25, 0.3) is 0 Å². The second kappa shape index (κ2) is 9.16. The van der Waals surface area contributed by atoms with Gasteiger partial charge in [0, 0.05) is 20.2 Å². The van der Waals surface area contributed by atoms with Gasteiger partial charge in [0.1, 0.15) is 0 Å². The fourth-order valence-electron chi connectivity index (χ4n) is 2.23. The quantitative estimate of drug-likeness (QED) is 0.681. The second-order valence-corrected chi connectivity index (χ2v) is 4.85. The Labute approximate surface area is 110 Å². The Morgan fingerprint density at radius 1 is 1.17 bits per heavy atom. The van der Waals surface area contributed by atoms with Crippen molar-refractivity contribution in [3.05, 3.63) is 0 Å². The molecule has 1 saturated carbocycles. The number of amides is 2. The lowest BCUT2D eigenvalue weighted by Gasteiger charge is -2.28. The molecule has 0 aromatic rings. The summed E-state index contributed by atoms with van der Waals surface area (Å²) in [5.41, 5.74) is 0. The van der Waals surface area contributed by atoms with Crippen LogP contribution >= 0.6 is 0 Å². The maximum Gasteiger partial charge on any atom is 0.314 e. The number of urea groups is 1. The summed E-state index contributed by atoms with van der Waals surface area (Å²) in [6.45, 7) is 4.45. The summed E-state index contributed by atoms with van der Waals surface area (Å²) in [6.07, 6.45) is 5.37. The number of rotatable bonds is 7. The molecule has 0 bridgehead atoms. The van der Waals surface area contributed by atoms with Crippen molar-refractivity contribution in [2.45, 2.75) is 38.7 Å². The molecule has 0 aromatic carbocycles. The number of ether oxygens (including phenoxy) is 2. The van der Waals surface area contributed by atoms with E-state index in [4.69, 9.17) is 9.47 Å². The largest absolute Gasteiger partial charge is 0.383 e. The summed E-state index contributed by atoms with van der Waals surface area (Å²) in [5.74, 6) is 0.647. The van der Waals surface area contributed by atoms with Crippen molar-refractivity contribution in [1.82, 2.24) is 10.6 Å². The molecule has 2 amide bonds. The average Bonchev–Trinajstić information content (AvgIpc) is 2.37. The van der Waals surface area contributed by atoms with Crippen LogP contribution in [0.5, 0.6) is 0 Å². The lowest BCUT2D eigenvalue weighted by molar-refractivity contribution is -0.00243. The van der Waals surface area contributed by atoms with E-state index in [0.29, 0.717) is 38.3 Å². The number of methoxy groups -OCH3 is 1. The van der Waals surface area contributed by atoms with E-state index in [-0.39, 0.29) is 6.03 Å².